The van der Waals surface area contributed by atoms with Gasteiger partial charge in [0.2, 0.25) is 0 Å². The number of aromatic nitrogens is 1. The van der Waals surface area contributed by atoms with E-state index >= 15 is 0 Å². The lowest BCUT2D eigenvalue weighted by Gasteiger charge is -2.25. The zero-order valence-corrected chi connectivity index (χ0v) is 9.95. The van der Waals surface area contributed by atoms with Gasteiger partial charge >= 0.3 is 6.09 Å². The van der Waals surface area contributed by atoms with Crippen LogP contribution in [0.4, 0.5) is 10.6 Å². The van der Waals surface area contributed by atoms with E-state index in [1.807, 2.05) is 13.0 Å². The normalized spacial score (nSPS) is 16.4. The first-order valence-electron chi connectivity index (χ1n) is 4.75. The number of ether oxygens (including phenoxy) is 1. The fourth-order valence-electron chi connectivity index (χ4n) is 1.43. The van der Waals surface area contributed by atoms with Crippen molar-refractivity contribution in [2.45, 2.75) is 13.3 Å². The van der Waals surface area contributed by atoms with Crippen molar-refractivity contribution in [1.29, 1.82) is 0 Å². The molecule has 4 nitrogen and oxygen atoms in total. The Morgan fingerprint density at radius 3 is 3.07 bits per heavy atom. The van der Waals surface area contributed by atoms with E-state index in [1.165, 1.54) is 0 Å². The van der Waals surface area contributed by atoms with E-state index in [0.29, 0.717) is 19.0 Å². The Morgan fingerprint density at radius 2 is 2.40 bits per heavy atom. The minimum Gasteiger partial charge on any atom is -0.449 e. The van der Waals surface area contributed by atoms with Crippen molar-refractivity contribution in [2.75, 3.05) is 18.1 Å². The fourth-order valence-corrected chi connectivity index (χ4v) is 1.65. The molecule has 0 atom stereocenters. The number of rotatable bonds is 1. The highest BCUT2D eigenvalue weighted by Crippen LogP contribution is 2.21. The molecule has 0 unspecified atom stereocenters. The van der Waals surface area contributed by atoms with E-state index in [-0.39, 0.29) is 6.09 Å². The van der Waals surface area contributed by atoms with Gasteiger partial charge in [0, 0.05) is 17.2 Å². The Labute approximate surface area is 96.4 Å². The van der Waals surface area contributed by atoms with Crippen molar-refractivity contribution in [3.8, 4) is 0 Å². The Kier molecular flexibility index (Phi) is 2.90. The van der Waals surface area contributed by atoms with Crippen molar-refractivity contribution in [2.24, 2.45) is 0 Å². The molecule has 0 aromatic carbocycles. The fraction of sp³-hybridized carbons (Fsp3) is 0.400. The number of halogens is 1. The molecule has 1 aromatic rings. The zero-order valence-electron chi connectivity index (χ0n) is 8.36. The lowest BCUT2D eigenvalue weighted by atomic mass is 10.3. The van der Waals surface area contributed by atoms with Crippen molar-refractivity contribution in [3.05, 3.63) is 22.3 Å². The summed E-state index contributed by atoms with van der Waals surface area (Å²) >= 11 is 3.37. The molecule has 0 aliphatic carbocycles. The summed E-state index contributed by atoms with van der Waals surface area (Å²) in [6.45, 7) is 3.14. The maximum atomic E-state index is 11.4. The third-order valence-electron chi connectivity index (χ3n) is 2.28. The van der Waals surface area contributed by atoms with E-state index in [0.717, 1.165) is 16.5 Å². The van der Waals surface area contributed by atoms with Crippen LogP contribution in [0.5, 0.6) is 0 Å². The lowest BCUT2D eigenvalue weighted by molar-refractivity contribution is 0.140. The standard InChI is InChI=1S/C10H11BrN2O2/c1-7-5-9(12-6-8(7)11)13-3-2-4-15-10(13)14/h5-6H,2-4H2,1H3. The molecule has 0 radical (unpaired) electrons. The molecule has 80 valence electrons. The first-order valence-corrected chi connectivity index (χ1v) is 5.54. The highest BCUT2D eigenvalue weighted by Gasteiger charge is 2.22. The van der Waals surface area contributed by atoms with Crippen LogP contribution in [-0.4, -0.2) is 24.2 Å². The van der Waals surface area contributed by atoms with Crippen LogP contribution >= 0.6 is 15.9 Å². The predicted octanol–water partition coefficient (Wildman–Crippen LogP) is 2.50. The monoisotopic (exact) mass is 270 g/mol. The van der Waals surface area contributed by atoms with Gasteiger partial charge in [-0.05, 0) is 40.9 Å². The number of nitrogens with zero attached hydrogens (tertiary/aromatic N) is 2. The predicted molar refractivity (Wildman–Crippen MR) is 60.0 cm³/mol. The molecule has 1 saturated heterocycles. The average molecular weight is 271 g/mol. The van der Waals surface area contributed by atoms with Crippen LogP contribution in [0.3, 0.4) is 0 Å². The van der Waals surface area contributed by atoms with Crippen LogP contribution in [0.15, 0.2) is 16.7 Å². The molecular formula is C10H11BrN2O2. The SMILES string of the molecule is Cc1cc(N2CCCOC2=O)ncc1Br. The van der Waals surface area contributed by atoms with Crippen LogP contribution in [0.25, 0.3) is 0 Å². The summed E-state index contributed by atoms with van der Waals surface area (Å²) in [6.07, 6.45) is 2.24. The van der Waals surface area contributed by atoms with Gasteiger partial charge in [0.15, 0.2) is 0 Å². The summed E-state index contributed by atoms with van der Waals surface area (Å²) in [4.78, 5) is 17.2. The summed E-state index contributed by atoms with van der Waals surface area (Å²) in [7, 11) is 0. The molecule has 1 aliphatic rings. The van der Waals surface area contributed by atoms with Gasteiger partial charge in [-0.15, -0.1) is 0 Å². The van der Waals surface area contributed by atoms with Gasteiger partial charge in [-0.2, -0.15) is 0 Å². The summed E-state index contributed by atoms with van der Waals surface area (Å²) in [5, 5.41) is 0. The number of cyclic esters (lactones) is 1. The second-order valence-electron chi connectivity index (χ2n) is 3.41. The van der Waals surface area contributed by atoms with Gasteiger partial charge in [0.05, 0.1) is 6.61 Å². The molecule has 0 bridgehead atoms. The largest absolute Gasteiger partial charge is 0.449 e. The van der Waals surface area contributed by atoms with E-state index in [4.69, 9.17) is 4.74 Å². The number of anilines is 1. The average Bonchev–Trinajstić information content (AvgIpc) is 2.23. The van der Waals surface area contributed by atoms with Crippen LogP contribution in [0.1, 0.15) is 12.0 Å². The summed E-state index contributed by atoms with van der Waals surface area (Å²) < 4.78 is 5.89. The van der Waals surface area contributed by atoms with E-state index < -0.39 is 0 Å². The Balaban J connectivity index is 2.28. The molecule has 1 aromatic heterocycles. The van der Waals surface area contributed by atoms with Gasteiger partial charge in [-0.1, -0.05) is 0 Å². The van der Waals surface area contributed by atoms with Crippen molar-refractivity contribution >= 4 is 27.8 Å². The number of carbonyl (C=O) groups is 1. The smallest absolute Gasteiger partial charge is 0.415 e. The highest BCUT2D eigenvalue weighted by atomic mass is 79.9. The number of amides is 1. The van der Waals surface area contributed by atoms with Crippen molar-refractivity contribution in [3.63, 3.8) is 0 Å². The summed E-state index contributed by atoms with van der Waals surface area (Å²) in [5.74, 6) is 0.653. The van der Waals surface area contributed by atoms with Crippen molar-refractivity contribution in [1.82, 2.24) is 4.98 Å². The molecule has 1 amide bonds. The number of pyridine rings is 1. The minimum atomic E-state index is -0.310. The van der Waals surface area contributed by atoms with Crippen LogP contribution in [0.2, 0.25) is 0 Å². The molecule has 2 heterocycles. The third-order valence-corrected chi connectivity index (χ3v) is 3.11. The first-order chi connectivity index (χ1) is 7.18. The van der Waals surface area contributed by atoms with Gasteiger partial charge in [-0.25, -0.2) is 9.78 Å². The Hall–Kier alpha value is -1.10. The van der Waals surface area contributed by atoms with Crippen LogP contribution < -0.4 is 4.90 Å². The second kappa shape index (κ2) is 4.18. The van der Waals surface area contributed by atoms with Crippen LogP contribution in [-0.2, 0) is 4.74 Å². The van der Waals surface area contributed by atoms with Crippen LogP contribution in [0, 0.1) is 6.92 Å². The van der Waals surface area contributed by atoms with E-state index in [9.17, 15) is 4.79 Å². The zero-order chi connectivity index (χ0) is 10.8. The molecule has 15 heavy (non-hydrogen) atoms. The van der Waals surface area contributed by atoms with Gasteiger partial charge in [-0.3, -0.25) is 4.90 Å². The molecule has 0 spiro atoms. The minimum absolute atomic E-state index is 0.310. The molecule has 0 saturated carbocycles. The quantitative estimate of drug-likeness (QED) is 0.788. The topological polar surface area (TPSA) is 42.4 Å². The third kappa shape index (κ3) is 2.12. The maximum absolute atomic E-state index is 11.4. The number of aryl methyl sites for hydroxylation is 1. The second-order valence-corrected chi connectivity index (χ2v) is 4.27. The van der Waals surface area contributed by atoms with Gasteiger partial charge in [0.1, 0.15) is 5.82 Å². The Bertz CT molecular complexity index is 395. The summed E-state index contributed by atoms with van der Waals surface area (Å²) in [5.41, 5.74) is 1.05. The number of hydrogen-bond donors (Lipinski definition) is 0. The van der Waals surface area contributed by atoms with Gasteiger partial charge in [0.25, 0.3) is 0 Å². The first kappa shape index (κ1) is 10.4. The maximum Gasteiger partial charge on any atom is 0.415 e. The van der Waals surface area contributed by atoms with Crippen molar-refractivity contribution < 1.29 is 9.53 Å². The molecule has 2 rings (SSSR count). The lowest BCUT2D eigenvalue weighted by Crippen LogP contribution is -2.38. The molecule has 1 fully saturated rings. The van der Waals surface area contributed by atoms with Gasteiger partial charge < -0.3 is 4.74 Å². The molecule has 1 aliphatic heterocycles. The highest BCUT2D eigenvalue weighted by molar-refractivity contribution is 9.10. The molecule has 5 heteroatoms. The molecular weight excluding hydrogens is 260 g/mol. The number of hydrogen-bond acceptors (Lipinski definition) is 3. The molecule has 0 N–H and O–H groups in total. The van der Waals surface area contributed by atoms with E-state index in [1.54, 1.807) is 11.1 Å². The van der Waals surface area contributed by atoms with E-state index in [2.05, 4.69) is 20.9 Å². The Morgan fingerprint density at radius 1 is 1.60 bits per heavy atom. The summed E-state index contributed by atoms with van der Waals surface area (Å²) in [6, 6.07) is 1.87. The number of carbonyl (C=O) groups excluding carboxylic acids is 1.